The molecule has 1 heterocycles. The molecule has 0 aliphatic rings. The summed E-state index contributed by atoms with van der Waals surface area (Å²) in [4.78, 5) is 13.3. The zero-order valence-electron chi connectivity index (χ0n) is 7.55. The highest BCUT2D eigenvalue weighted by molar-refractivity contribution is 7.80. The molecule has 0 saturated heterocycles. The fourth-order valence-electron chi connectivity index (χ4n) is 1.16. The quantitative estimate of drug-likeness (QED) is 0.538. The summed E-state index contributed by atoms with van der Waals surface area (Å²) in [6.45, 7) is 0. The number of aliphatic hydroxyl groups is 2. The Hall–Kier alpha value is -0.780. The highest BCUT2D eigenvalue weighted by Crippen LogP contribution is 2.17. The number of pyridine rings is 1. The molecule has 0 aliphatic carbocycles. The van der Waals surface area contributed by atoms with E-state index in [1.165, 1.54) is 12.3 Å². The van der Waals surface area contributed by atoms with Crippen LogP contribution < -0.4 is 5.56 Å². The Morgan fingerprint density at radius 3 is 2.79 bits per heavy atom. The van der Waals surface area contributed by atoms with E-state index in [1.807, 2.05) is 0 Å². The van der Waals surface area contributed by atoms with Crippen molar-refractivity contribution in [2.75, 3.05) is 5.75 Å². The van der Waals surface area contributed by atoms with E-state index < -0.39 is 12.2 Å². The molecule has 2 unspecified atom stereocenters. The molecule has 1 aromatic heterocycles. The van der Waals surface area contributed by atoms with Crippen LogP contribution in [0.3, 0.4) is 0 Å². The molecule has 4 nitrogen and oxygen atoms in total. The van der Waals surface area contributed by atoms with Crippen LogP contribution in [0.1, 0.15) is 18.1 Å². The second-order valence-corrected chi connectivity index (χ2v) is 3.46. The van der Waals surface area contributed by atoms with Crippen molar-refractivity contribution in [3.8, 4) is 0 Å². The molecular formula is C9H13NO3S. The second-order valence-electron chi connectivity index (χ2n) is 3.01. The van der Waals surface area contributed by atoms with E-state index in [2.05, 4.69) is 17.6 Å². The standard InChI is InChI=1S/C9H13NO3S/c11-7(2-4-14)9(13)6-1-3-10-8(12)5-6/h1,3,5,7,9,11,13-14H,2,4H2,(H,10,12). The van der Waals surface area contributed by atoms with Gasteiger partial charge in [-0.3, -0.25) is 4.79 Å². The van der Waals surface area contributed by atoms with Gasteiger partial charge in [-0.25, -0.2) is 0 Å². The first-order valence-corrected chi connectivity index (χ1v) is 4.94. The Bertz CT molecular complexity index is 339. The number of rotatable bonds is 4. The van der Waals surface area contributed by atoms with Gasteiger partial charge in [0.25, 0.3) is 0 Å². The molecule has 0 fully saturated rings. The van der Waals surface area contributed by atoms with Gasteiger partial charge in [-0.2, -0.15) is 12.6 Å². The number of hydrogen-bond donors (Lipinski definition) is 4. The molecule has 1 rings (SSSR count). The van der Waals surface area contributed by atoms with Crippen LogP contribution in [0.15, 0.2) is 23.1 Å². The molecule has 0 aromatic carbocycles. The van der Waals surface area contributed by atoms with E-state index in [0.29, 0.717) is 17.7 Å². The molecule has 0 aliphatic heterocycles. The predicted molar refractivity (Wildman–Crippen MR) is 56.5 cm³/mol. The van der Waals surface area contributed by atoms with Gasteiger partial charge in [0, 0.05) is 12.3 Å². The average Bonchev–Trinajstić information content (AvgIpc) is 2.17. The molecule has 78 valence electrons. The van der Waals surface area contributed by atoms with Crippen LogP contribution in [-0.2, 0) is 0 Å². The molecule has 0 spiro atoms. The summed E-state index contributed by atoms with van der Waals surface area (Å²) >= 11 is 3.95. The first kappa shape index (κ1) is 11.3. The lowest BCUT2D eigenvalue weighted by atomic mass is 10.0. The molecule has 2 atom stereocenters. The number of aromatic nitrogens is 1. The van der Waals surface area contributed by atoms with Crippen LogP contribution >= 0.6 is 12.6 Å². The lowest BCUT2D eigenvalue weighted by Crippen LogP contribution is -2.20. The van der Waals surface area contributed by atoms with E-state index in [1.54, 1.807) is 6.07 Å². The molecule has 14 heavy (non-hydrogen) atoms. The number of thiol groups is 1. The van der Waals surface area contributed by atoms with Crippen LogP contribution in [-0.4, -0.2) is 27.1 Å². The Morgan fingerprint density at radius 1 is 1.50 bits per heavy atom. The fourth-order valence-corrected chi connectivity index (χ4v) is 1.42. The zero-order chi connectivity index (χ0) is 10.6. The van der Waals surface area contributed by atoms with Crippen molar-refractivity contribution in [2.45, 2.75) is 18.6 Å². The van der Waals surface area contributed by atoms with E-state index in [4.69, 9.17) is 0 Å². The third-order valence-corrected chi connectivity index (χ3v) is 2.19. The number of nitrogens with one attached hydrogen (secondary N) is 1. The van der Waals surface area contributed by atoms with Gasteiger partial charge in [-0.1, -0.05) is 0 Å². The lowest BCUT2D eigenvalue weighted by Gasteiger charge is -2.16. The molecule has 0 radical (unpaired) electrons. The summed E-state index contributed by atoms with van der Waals surface area (Å²) in [6.07, 6.45) is -0.0792. The van der Waals surface area contributed by atoms with Gasteiger partial charge in [0.2, 0.25) is 5.56 Å². The summed E-state index contributed by atoms with van der Waals surface area (Å²) < 4.78 is 0. The molecular weight excluding hydrogens is 202 g/mol. The fraction of sp³-hybridized carbons (Fsp3) is 0.444. The summed E-state index contributed by atoms with van der Waals surface area (Å²) in [6, 6.07) is 2.83. The van der Waals surface area contributed by atoms with Gasteiger partial charge in [-0.15, -0.1) is 0 Å². The lowest BCUT2D eigenvalue weighted by molar-refractivity contribution is 0.0171. The van der Waals surface area contributed by atoms with Gasteiger partial charge in [-0.05, 0) is 23.8 Å². The van der Waals surface area contributed by atoms with Crippen molar-refractivity contribution in [3.63, 3.8) is 0 Å². The summed E-state index contributed by atoms with van der Waals surface area (Å²) in [7, 11) is 0. The Morgan fingerprint density at radius 2 is 2.21 bits per heavy atom. The zero-order valence-corrected chi connectivity index (χ0v) is 8.45. The first-order valence-electron chi connectivity index (χ1n) is 4.31. The van der Waals surface area contributed by atoms with E-state index in [-0.39, 0.29) is 5.56 Å². The molecule has 3 N–H and O–H groups in total. The van der Waals surface area contributed by atoms with Crippen molar-refractivity contribution in [1.82, 2.24) is 4.98 Å². The molecule has 0 amide bonds. The molecule has 1 aromatic rings. The second kappa shape index (κ2) is 5.19. The average molecular weight is 215 g/mol. The third kappa shape index (κ3) is 2.87. The minimum atomic E-state index is -1.02. The maximum Gasteiger partial charge on any atom is 0.248 e. The van der Waals surface area contributed by atoms with Gasteiger partial charge in [0.1, 0.15) is 6.10 Å². The number of aliphatic hydroxyl groups excluding tert-OH is 2. The van der Waals surface area contributed by atoms with Crippen LogP contribution in [0.4, 0.5) is 0 Å². The summed E-state index contributed by atoms with van der Waals surface area (Å²) in [5, 5.41) is 19.1. The number of aromatic amines is 1. The Balaban J connectivity index is 2.78. The van der Waals surface area contributed by atoms with Crippen LogP contribution in [0.25, 0.3) is 0 Å². The summed E-state index contributed by atoms with van der Waals surface area (Å²) in [5.41, 5.74) is 0.127. The summed E-state index contributed by atoms with van der Waals surface area (Å²) in [5.74, 6) is 0.488. The minimum absolute atomic E-state index is 0.292. The SMILES string of the molecule is O=c1cc(C(O)C(O)CCS)cc[nH]1. The van der Waals surface area contributed by atoms with E-state index in [0.717, 1.165) is 0 Å². The monoisotopic (exact) mass is 215 g/mol. The maximum absolute atomic E-state index is 10.9. The number of H-pyrrole nitrogens is 1. The highest BCUT2D eigenvalue weighted by atomic mass is 32.1. The van der Waals surface area contributed by atoms with E-state index in [9.17, 15) is 15.0 Å². The van der Waals surface area contributed by atoms with Gasteiger partial charge in [0.15, 0.2) is 0 Å². The maximum atomic E-state index is 10.9. The van der Waals surface area contributed by atoms with Gasteiger partial charge < -0.3 is 15.2 Å². The third-order valence-electron chi connectivity index (χ3n) is 1.93. The van der Waals surface area contributed by atoms with Gasteiger partial charge >= 0.3 is 0 Å². The van der Waals surface area contributed by atoms with Crippen LogP contribution in [0.2, 0.25) is 0 Å². The van der Waals surface area contributed by atoms with Crippen molar-refractivity contribution < 1.29 is 10.2 Å². The van der Waals surface area contributed by atoms with Crippen molar-refractivity contribution in [2.24, 2.45) is 0 Å². The minimum Gasteiger partial charge on any atom is -0.390 e. The molecule has 0 bridgehead atoms. The van der Waals surface area contributed by atoms with Crippen LogP contribution in [0.5, 0.6) is 0 Å². The highest BCUT2D eigenvalue weighted by Gasteiger charge is 2.17. The Kier molecular flexibility index (Phi) is 4.19. The van der Waals surface area contributed by atoms with Crippen molar-refractivity contribution in [1.29, 1.82) is 0 Å². The largest absolute Gasteiger partial charge is 0.390 e. The topological polar surface area (TPSA) is 73.3 Å². The predicted octanol–water partition coefficient (Wildman–Crippen LogP) is 0.0891. The Labute approximate surface area is 87.0 Å². The molecule has 0 saturated carbocycles. The number of hydrogen-bond acceptors (Lipinski definition) is 4. The smallest absolute Gasteiger partial charge is 0.248 e. The molecule has 5 heteroatoms. The van der Waals surface area contributed by atoms with Crippen molar-refractivity contribution >= 4 is 12.6 Å². The van der Waals surface area contributed by atoms with E-state index >= 15 is 0 Å². The van der Waals surface area contributed by atoms with Gasteiger partial charge in [0.05, 0.1) is 6.10 Å². The normalized spacial score (nSPS) is 15.1. The van der Waals surface area contributed by atoms with Crippen LogP contribution in [0, 0.1) is 0 Å². The van der Waals surface area contributed by atoms with Crippen molar-refractivity contribution in [3.05, 3.63) is 34.2 Å². The first-order chi connectivity index (χ1) is 6.65.